The van der Waals surface area contributed by atoms with Crippen LogP contribution in [0, 0.1) is 5.92 Å². The van der Waals surface area contributed by atoms with Crippen molar-refractivity contribution in [1.82, 2.24) is 5.32 Å². The van der Waals surface area contributed by atoms with Crippen LogP contribution in [-0.4, -0.2) is 23.8 Å². The number of ether oxygens (including phenoxy) is 1. The van der Waals surface area contributed by atoms with E-state index in [1.54, 1.807) is 0 Å². The van der Waals surface area contributed by atoms with Crippen LogP contribution in [0.15, 0.2) is 0 Å². The van der Waals surface area contributed by atoms with Gasteiger partial charge in [-0.25, -0.2) is 0 Å². The molecule has 1 heterocycles. The molecule has 0 saturated carbocycles. The van der Waals surface area contributed by atoms with Gasteiger partial charge >= 0.3 is 0 Å². The molecular formula is C15H31NOV. The van der Waals surface area contributed by atoms with E-state index in [1.165, 1.54) is 12.8 Å². The molecule has 0 unspecified atom stereocenters. The van der Waals surface area contributed by atoms with Crippen molar-refractivity contribution in [3.8, 4) is 0 Å². The van der Waals surface area contributed by atoms with Crippen LogP contribution in [0.1, 0.15) is 67.2 Å². The van der Waals surface area contributed by atoms with E-state index in [-0.39, 0.29) is 29.6 Å². The summed E-state index contributed by atoms with van der Waals surface area (Å²) in [5.41, 5.74) is 0.398. The van der Waals surface area contributed by atoms with Crippen LogP contribution in [0.2, 0.25) is 0 Å². The molecule has 1 N–H and O–H groups in total. The average Bonchev–Trinajstić information content (AvgIpc) is 2.06. The number of rotatable bonds is 5. The molecule has 1 fully saturated rings. The number of nitrogens with one attached hydrogen (secondary N) is 1. The maximum Gasteiger partial charge on any atom is 0.0609 e. The van der Waals surface area contributed by atoms with Gasteiger partial charge in [-0.05, 0) is 59.3 Å². The minimum absolute atomic E-state index is 0. The maximum absolute atomic E-state index is 6.06. The van der Waals surface area contributed by atoms with Gasteiger partial charge in [-0.1, -0.05) is 13.8 Å². The first kappa shape index (κ1) is 18.5. The van der Waals surface area contributed by atoms with Gasteiger partial charge in [-0.3, -0.25) is 0 Å². The minimum Gasteiger partial charge on any atom is -0.378 e. The fraction of sp³-hybridized carbons (Fsp3) is 1.00. The first-order valence-corrected chi connectivity index (χ1v) is 7.11. The van der Waals surface area contributed by atoms with Crippen LogP contribution in [0.4, 0.5) is 0 Å². The van der Waals surface area contributed by atoms with Gasteiger partial charge in [-0.15, -0.1) is 0 Å². The Balaban J connectivity index is 0.00000289. The molecule has 2 nitrogen and oxygen atoms in total. The molecule has 1 rings (SSSR count). The predicted molar refractivity (Wildman–Crippen MR) is 74.3 cm³/mol. The van der Waals surface area contributed by atoms with Crippen molar-refractivity contribution in [3.05, 3.63) is 0 Å². The Morgan fingerprint density at radius 2 is 1.61 bits per heavy atom. The number of hydrogen-bond donors (Lipinski definition) is 1. The van der Waals surface area contributed by atoms with Crippen LogP contribution in [0.5, 0.6) is 0 Å². The summed E-state index contributed by atoms with van der Waals surface area (Å²) >= 11 is 0. The first-order valence-electron chi connectivity index (χ1n) is 7.11. The number of hydrogen-bond acceptors (Lipinski definition) is 2. The summed E-state index contributed by atoms with van der Waals surface area (Å²) < 4.78 is 6.06. The molecule has 0 aliphatic carbocycles. The standard InChI is InChI=1S/C15H31NO.V/c1-12(2)8-7-9-17-13-10-14(3,4)16-15(5,6)11-13;/h12-13,16H,7-11H2,1-6H3;. The van der Waals surface area contributed by atoms with Gasteiger partial charge in [0.05, 0.1) is 6.10 Å². The molecule has 18 heavy (non-hydrogen) atoms. The number of piperidine rings is 1. The van der Waals surface area contributed by atoms with Gasteiger partial charge in [0.2, 0.25) is 0 Å². The molecule has 1 aliphatic heterocycles. The summed E-state index contributed by atoms with van der Waals surface area (Å²) in [6, 6.07) is 0. The molecule has 0 amide bonds. The van der Waals surface area contributed by atoms with Gasteiger partial charge in [-0.2, -0.15) is 0 Å². The summed E-state index contributed by atoms with van der Waals surface area (Å²) in [6.45, 7) is 14.6. The van der Waals surface area contributed by atoms with Gasteiger partial charge in [0.1, 0.15) is 0 Å². The molecule has 0 bridgehead atoms. The second-order valence-electron chi connectivity index (χ2n) is 7.33. The van der Waals surface area contributed by atoms with Crippen molar-refractivity contribution in [2.45, 2.75) is 84.4 Å². The van der Waals surface area contributed by atoms with Crippen LogP contribution < -0.4 is 5.32 Å². The first-order chi connectivity index (χ1) is 7.70. The monoisotopic (exact) mass is 292 g/mol. The molecular weight excluding hydrogens is 261 g/mol. The van der Waals surface area contributed by atoms with E-state index < -0.39 is 0 Å². The second kappa shape index (κ2) is 7.33. The molecule has 0 aromatic rings. The van der Waals surface area contributed by atoms with Crippen molar-refractivity contribution in [2.75, 3.05) is 6.61 Å². The average molecular weight is 292 g/mol. The van der Waals surface area contributed by atoms with E-state index in [0.717, 1.165) is 25.4 Å². The molecule has 107 valence electrons. The van der Waals surface area contributed by atoms with Crippen molar-refractivity contribution < 1.29 is 23.3 Å². The van der Waals surface area contributed by atoms with Gasteiger partial charge in [0.15, 0.2) is 0 Å². The maximum atomic E-state index is 6.06. The van der Waals surface area contributed by atoms with E-state index >= 15 is 0 Å². The Bertz CT molecular complexity index is 223. The Labute approximate surface area is 126 Å². The van der Waals surface area contributed by atoms with E-state index in [2.05, 4.69) is 46.9 Å². The Hall–Kier alpha value is 0.504. The Morgan fingerprint density at radius 3 is 2.06 bits per heavy atom. The molecule has 0 aromatic carbocycles. The fourth-order valence-electron chi connectivity index (χ4n) is 3.09. The molecule has 0 atom stereocenters. The molecule has 0 aromatic heterocycles. The normalized spacial score (nSPS) is 22.8. The Morgan fingerprint density at radius 1 is 1.11 bits per heavy atom. The van der Waals surface area contributed by atoms with Crippen LogP contribution in [0.25, 0.3) is 0 Å². The van der Waals surface area contributed by atoms with Crippen molar-refractivity contribution >= 4 is 0 Å². The summed E-state index contributed by atoms with van der Waals surface area (Å²) in [4.78, 5) is 0. The van der Waals surface area contributed by atoms with Crippen LogP contribution in [0.3, 0.4) is 0 Å². The van der Waals surface area contributed by atoms with Crippen molar-refractivity contribution in [3.63, 3.8) is 0 Å². The van der Waals surface area contributed by atoms with Crippen molar-refractivity contribution in [1.29, 1.82) is 0 Å². The topological polar surface area (TPSA) is 21.3 Å². The largest absolute Gasteiger partial charge is 0.378 e. The summed E-state index contributed by atoms with van der Waals surface area (Å²) in [6.07, 6.45) is 5.14. The van der Waals surface area contributed by atoms with E-state index in [1.807, 2.05) is 0 Å². The smallest absolute Gasteiger partial charge is 0.0609 e. The third kappa shape index (κ3) is 7.18. The van der Waals surface area contributed by atoms with Crippen molar-refractivity contribution in [2.24, 2.45) is 5.92 Å². The SMILES string of the molecule is CC(C)CCCOC1CC(C)(C)NC(C)(C)C1.[V]. The van der Waals surface area contributed by atoms with E-state index in [9.17, 15) is 0 Å². The summed E-state index contributed by atoms with van der Waals surface area (Å²) in [5, 5.41) is 3.69. The molecule has 1 radical (unpaired) electrons. The predicted octanol–water partition coefficient (Wildman–Crippen LogP) is 3.75. The van der Waals surface area contributed by atoms with Gasteiger partial charge < -0.3 is 10.1 Å². The fourth-order valence-corrected chi connectivity index (χ4v) is 3.09. The van der Waals surface area contributed by atoms with Crippen LogP contribution >= 0.6 is 0 Å². The third-order valence-electron chi connectivity index (χ3n) is 3.43. The van der Waals surface area contributed by atoms with E-state index in [0.29, 0.717) is 6.10 Å². The van der Waals surface area contributed by atoms with E-state index in [4.69, 9.17) is 4.74 Å². The zero-order valence-corrected chi connectivity index (χ0v) is 14.4. The molecule has 0 spiro atoms. The molecule has 1 saturated heterocycles. The minimum atomic E-state index is 0. The molecule has 1 aliphatic rings. The van der Waals surface area contributed by atoms with Gasteiger partial charge in [0, 0.05) is 36.2 Å². The second-order valence-corrected chi connectivity index (χ2v) is 7.33. The van der Waals surface area contributed by atoms with Gasteiger partial charge in [0.25, 0.3) is 0 Å². The molecule has 3 heteroatoms. The van der Waals surface area contributed by atoms with Crippen LogP contribution in [-0.2, 0) is 23.3 Å². The zero-order valence-electron chi connectivity index (χ0n) is 13.0. The third-order valence-corrected chi connectivity index (χ3v) is 3.43. The zero-order chi connectivity index (χ0) is 13.1. The summed E-state index contributed by atoms with van der Waals surface area (Å²) in [5.74, 6) is 0.791. The Kier molecular flexibility index (Phi) is 7.54. The summed E-state index contributed by atoms with van der Waals surface area (Å²) in [7, 11) is 0. The quantitative estimate of drug-likeness (QED) is 0.779.